The molecule has 23 heteroatoms. The number of fused-ring (bicyclic) bond motifs is 4. The van der Waals surface area contributed by atoms with Crippen LogP contribution < -0.4 is 9.86 Å². The number of thioether (sulfide) groups is 1. The standard InChI is InChI=1S/C61H97N5O16S2/c1-31-21-32(2)23-41(18-19-60(10,11)65-30-43(27-42(65)29-63-84(62,78)79)83-54-38(8)50-49(39(9)67)56(72)66(50)51(54)58(74)75)47(70)28-46(69)37(7)53(35(5)25-40-16-17-45(68)48(26-40)80-12)81-59(76)44-15-13-14-20-64(44)57(73)55(71)61(77)36(6)24-34(4)52(82-61)33(3)22-31/h23,25,31,33-34,36-46,48-50,52-53,63,67-69,77H,13-22,24,26-30H2,1-12H3,(H,74,75)(H2,62,78,79)/b32-23+,35-25+/t31-,33-,34-,36+,37+,38+,39+,40-,41+,42-,43-,44-,45+,46-,48+,49+,50+,52+,53+,61+/m0/s1. The number of cyclic esters (lactones) is 1. The molecule has 21 nitrogen and oxygen atoms in total. The van der Waals surface area contributed by atoms with Crippen LogP contribution in [0.1, 0.15) is 160 Å². The van der Waals surface area contributed by atoms with Crippen molar-refractivity contribution in [3.05, 3.63) is 33.9 Å². The lowest BCUT2D eigenvalue weighted by Crippen LogP contribution is -2.63. The zero-order chi connectivity index (χ0) is 62.2. The van der Waals surface area contributed by atoms with Crippen molar-refractivity contribution in [3.63, 3.8) is 0 Å². The van der Waals surface area contributed by atoms with Gasteiger partial charge in [-0.3, -0.25) is 24.1 Å². The molecule has 0 spiro atoms. The molecule has 0 aromatic carbocycles. The van der Waals surface area contributed by atoms with Gasteiger partial charge < -0.3 is 49.5 Å². The lowest BCUT2D eigenvalue weighted by atomic mass is 9.76. The number of methoxy groups -OCH3 is 1. The first-order chi connectivity index (χ1) is 39.2. The van der Waals surface area contributed by atoms with Crippen LogP contribution in [0.5, 0.6) is 0 Å². The van der Waals surface area contributed by atoms with Crippen molar-refractivity contribution in [2.75, 3.05) is 26.7 Å². The molecular weight excluding hydrogens is 1120 g/mol. The third-order valence-corrected chi connectivity index (χ3v) is 21.9. The Bertz CT molecular complexity index is 2670. The van der Waals surface area contributed by atoms with E-state index in [2.05, 4.69) is 16.5 Å². The molecule has 0 radical (unpaired) electrons. The number of carbonyl (C=O) groups excluding carboxylic acids is 5. The number of β-lactam (4-membered cyclic amide) rings is 1. The smallest absolute Gasteiger partial charge is 0.353 e. The van der Waals surface area contributed by atoms with Gasteiger partial charge >= 0.3 is 11.9 Å². The molecule has 84 heavy (non-hydrogen) atoms. The Morgan fingerprint density at radius 3 is 2.31 bits per heavy atom. The predicted molar refractivity (Wildman–Crippen MR) is 315 cm³/mol. The number of aliphatic carboxylic acids is 1. The molecule has 2 amide bonds. The van der Waals surface area contributed by atoms with Crippen LogP contribution in [0.2, 0.25) is 0 Å². The first kappa shape index (κ1) is 67.9. The van der Waals surface area contributed by atoms with E-state index in [4.69, 9.17) is 19.3 Å². The number of ketones is 2. The van der Waals surface area contributed by atoms with Crippen molar-refractivity contribution in [1.29, 1.82) is 0 Å². The number of nitrogens with one attached hydrogen (secondary N) is 1. The van der Waals surface area contributed by atoms with E-state index in [-0.39, 0.29) is 72.3 Å². The van der Waals surface area contributed by atoms with Gasteiger partial charge in [-0.1, -0.05) is 59.3 Å². The Morgan fingerprint density at radius 1 is 0.988 bits per heavy atom. The maximum absolute atomic E-state index is 15.1. The molecule has 474 valence electrons. The number of nitrogens with two attached hydrogens (primary N) is 1. The van der Waals surface area contributed by atoms with E-state index in [0.29, 0.717) is 87.7 Å². The van der Waals surface area contributed by atoms with Crippen LogP contribution in [-0.2, 0) is 53.2 Å². The summed E-state index contributed by atoms with van der Waals surface area (Å²) in [4.78, 5) is 90.0. The molecule has 6 aliphatic heterocycles. The highest BCUT2D eigenvalue weighted by Gasteiger charge is 2.61. The highest BCUT2D eigenvalue weighted by Crippen LogP contribution is 2.53. The first-order valence-electron chi connectivity index (χ1n) is 30.6. The second kappa shape index (κ2) is 27.4. The number of carboxylic acids is 1. The van der Waals surface area contributed by atoms with Crippen LogP contribution in [-0.4, -0.2) is 182 Å². The molecule has 0 unspecified atom stereocenters. The van der Waals surface area contributed by atoms with Gasteiger partial charge in [0, 0.05) is 78.6 Å². The SMILES string of the molecule is CO[C@@H]1C[C@H](/C=C(\C)[C@H]2OC(=O)[C@@H]3CCCCN3C(=O)C(=O)[C@]3(O)O[C@H]([C@@H](C)C[C@@H](C)C/C(C)=C/[C@@H](CCC(C)(C)N4C[C@@H](SC5=C(C(=O)O)N6C(=O)[C@H]([C@@H](C)O)[C@H]6[C@H]5C)C[C@H]4CNS(N)(=O)=O)C(=O)C[C@H](O)[C@H]2C)[C@@H](C)C[C@H]3C)CC[C@H]1O. The van der Waals surface area contributed by atoms with Crippen molar-refractivity contribution in [1.82, 2.24) is 19.4 Å². The monoisotopic (exact) mass is 1220 g/mol. The molecule has 8 N–H and O–H groups in total. The average molecular weight is 1220 g/mol. The summed E-state index contributed by atoms with van der Waals surface area (Å²) in [6.45, 7) is 21.0. The maximum atomic E-state index is 15.1. The second-order valence-corrected chi connectivity index (χ2v) is 29.7. The van der Waals surface area contributed by atoms with Gasteiger partial charge in [0.15, 0.2) is 0 Å². The van der Waals surface area contributed by atoms with Crippen LogP contribution in [0.4, 0.5) is 0 Å². The number of nitrogens with zero attached hydrogens (tertiary/aromatic N) is 3. The number of esters is 1. The van der Waals surface area contributed by atoms with Crippen LogP contribution in [0.3, 0.4) is 0 Å². The van der Waals surface area contributed by atoms with Crippen molar-refractivity contribution in [2.24, 2.45) is 58.4 Å². The molecule has 7 aliphatic rings. The van der Waals surface area contributed by atoms with E-state index in [1.54, 1.807) is 20.8 Å². The second-order valence-electron chi connectivity index (χ2n) is 27.0. The number of allylic oxidation sites excluding steroid dienone is 3. The zero-order valence-electron chi connectivity index (χ0n) is 51.4. The molecule has 5 fully saturated rings. The molecule has 0 aromatic rings. The fourth-order valence-corrected chi connectivity index (χ4v) is 17.3. The Kier molecular flexibility index (Phi) is 22.2. The Morgan fingerprint density at radius 2 is 1.67 bits per heavy atom. The Balaban J connectivity index is 1.21. The summed E-state index contributed by atoms with van der Waals surface area (Å²) < 4.78 is 45.7. The van der Waals surface area contributed by atoms with Gasteiger partial charge in [-0.05, 0) is 141 Å². The molecule has 4 saturated heterocycles. The summed E-state index contributed by atoms with van der Waals surface area (Å²) in [5.41, 5.74) is 0.683. The van der Waals surface area contributed by atoms with Crippen molar-refractivity contribution < 1.29 is 76.9 Å². The number of carbonyl (C=O) groups is 6. The zero-order valence-corrected chi connectivity index (χ0v) is 53.0. The molecular formula is C61H97N5O16S2. The molecule has 2 bridgehead atoms. The fraction of sp³-hybridized carbons (Fsp3) is 0.803. The van der Waals surface area contributed by atoms with Crippen molar-refractivity contribution >= 4 is 57.3 Å². The third-order valence-electron chi connectivity index (χ3n) is 19.9. The molecule has 7 rings (SSSR count). The van der Waals surface area contributed by atoms with Gasteiger partial charge in [-0.15, -0.1) is 11.8 Å². The van der Waals surface area contributed by atoms with Gasteiger partial charge in [0.2, 0.25) is 11.7 Å². The number of likely N-dealkylation sites (tertiary alicyclic amines) is 1. The number of carboxylic acid groups (broad SMARTS) is 1. The lowest BCUT2D eigenvalue weighted by Gasteiger charge is -2.46. The number of amides is 2. The Labute approximate surface area is 501 Å². The quantitative estimate of drug-likeness (QED) is 0.0522. The fourth-order valence-electron chi connectivity index (χ4n) is 15.3. The number of hydrogen-bond acceptors (Lipinski definition) is 17. The van der Waals surface area contributed by atoms with E-state index in [9.17, 15) is 57.9 Å². The number of Topliss-reactive ketones (excluding diaryl/α,β-unsaturated/α-hetero) is 2. The van der Waals surface area contributed by atoms with Gasteiger partial charge in [0.1, 0.15) is 23.6 Å². The number of ether oxygens (including phenoxy) is 3. The number of rotatable bonds is 14. The number of aliphatic hydroxyl groups excluding tert-OH is 3. The summed E-state index contributed by atoms with van der Waals surface area (Å²) in [5.74, 6) is -11.2. The topological polar surface area (TPSA) is 313 Å². The summed E-state index contributed by atoms with van der Waals surface area (Å²) in [6.07, 6.45) is 4.01. The van der Waals surface area contributed by atoms with Gasteiger partial charge in [0.05, 0.1) is 42.5 Å². The van der Waals surface area contributed by atoms with Gasteiger partial charge in [0.25, 0.3) is 21.9 Å². The normalized spacial score (nSPS) is 39.7. The largest absolute Gasteiger partial charge is 0.477 e. The summed E-state index contributed by atoms with van der Waals surface area (Å²) in [6, 6.07) is -2.13. The van der Waals surface area contributed by atoms with E-state index >= 15 is 4.79 Å². The minimum atomic E-state index is -4.13. The van der Waals surface area contributed by atoms with E-state index in [1.165, 1.54) is 35.6 Å². The number of piperidine rings is 1. The minimum absolute atomic E-state index is 0.0247. The molecule has 0 aromatic heterocycles. The highest BCUT2D eigenvalue weighted by atomic mass is 32.2. The van der Waals surface area contributed by atoms with Crippen LogP contribution >= 0.6 is 11.8 Å². The molecule has 20 atom stereocenters. The predicted octanol–water partition coefficient (Wildman–Crippen LogP) is 4.99. The van der Waals surface area contributed by atoms with E-state index in [0.717, 1.165) is 5.57 Å². The van der Waals surface area contributed by atoms with E-state index < -0.39 is 129 Å². The highest BCUT2D eigenvalue weighted by molar-refractivity contribution is 8.03. The van der Waals surface area contributed by atoms with Crippen molar-refractivity contribution in [3.8, 4) is 0 Å². The number of aliphatic hydroxyl groups is 4. The van der Waals surface area contributed by atoms with Crippen LogP contribution in [0.15, 0.2) is 33.9 Å². The molecule has 6 heterocycles. The maximum Gasteiger partial charge on any atom is 0.353 e. The summed E-state index contributed by atoms with van der Waals surface area (Å²) in [7, 11) is -2.59. The lowest BCUT2D eigenvalue weighted by molar-refractivity contribution is -0.282. The number of hydrogen-bond donors (Lipinski definition) is 7. The van der Waals surface area contributed by atoms with E-state index in [1.807, 2.05) is 53.7 Å². The molecule has 1 saturated carbocycles. The Hall–Kier alpha value is -3.62. The first-order valence-corrected chi connectivity index (χ1v) is 33.0. The summed E-state index contributed by atoms with van der Waals surface area (Å²) in [5, 5.41) is 61.4. The average Bonchev–Trinajstić information content (AvgIpc) is 1.60. The van der Waals surface area contributed by atoms with Crippen LogP contribution in [0, 0.1) is 53.3 Å². The van der Waals surface area contributed by atoms with Crippen LogP contribution in [0.25, 0.3) is 0 Å². The minimum Gasteiger partial charge on any atom is -0.477 e. The summed E-state index contributed by atoms with van der Waals surface area (Å²) >= 11 is 1.35. The van der Waals surface area contributed by atoms with Gasteiger partial charge in [-0.2, -0.15) is 8.42 Å². The van der Waals surface area contributed by atoms with Gasteiger partial charge in [-0.25, -0.2) is 19.5 Å². The van der Waals surface area contributed by atoms with Crippen molar-refractivity contribution in [2.45, 2.75) is 231 Å². The molecule has 1 aliphatic carbocycles. The third kappa shape index (κ3) is 14.9.